The van der Waals surface area contributed by atoms with Gasteiger partial charge in [-0.1, -0.05) is 93.4 Å². The molecule has 5 heteroatoms. The van der Waals surface area contributed by atoms with Gasteiger partial charge in [0.25, 0.3) is 0 Å². The van der Waals surface area contributed by atoms with Gasteiger partial charge in [-0.2, -0.15) is 0 Å². The van der Waals surface area contributed by atoms with Crippen molar-refractivity contribution in [3.63, 3.8) is 0 Å². The molecule has 0 N–H and O–H groups in total. The summed E-state index contributed by atoms with van der Waals surface area (Å²) in [6.45, 7) is 10.8. The summed E-state index contributed by atoms with van der Waals surface area (Å²) in [4.78, 5) is 7.93. The Balaban J connectivity index is 1.58. The SMILES string of the molecule is CCCCN(Cc1c(-c2ccccc2)nc(-c2ccccc2)n1CCCC)C(C)c1ccc2c(c1)OCCO2. The number of nitrogens with zero attached hydrogens (tertiary/aromatic N) is 3. The number of imidazole rings is 1. The molecule has 0 fully saturated rings. The minimum Gasteiger partial charge on any atom is -0.486 e. The van der Waals surface area contributed by atoms with Gasteiger partial charge in [-0.3, -0.25) is 4.90 Å². The molecule has 4 aromatic rings. The molecule has 2 heterocycles. The van der Waals surface area contributed by atoms with E-state index in [1.807, 2.05) is 0 Å². The predicted molar refractivity (Wildman–Crippen MR) is 159 cm³/mol. The van der Waals surface area contributed by atoms with Crippen LogP contribution in [0.5, 0.6) is 11.5 Å². The zero-order valence-corrected chi connectivity index (χ0v) is 23.6. The number of hydrogen-bond donors (Lipinski definition) is 0. The predicted octanol–water partition coefficient (Wildman–Crippen LogP) is 8.15. The number of hydrogen-bond acceptors (Lipinski definition) is 4. The molecule has 1 aliphatic heterocycles. The minimum atomic E-state index is 0.214. The van der Waals surface area contributed by atoms with Crippen LogP contribution < -0.4 is 9.47 Å². The van der Waals surface area contributed by atoms with E-state index in [1.165, 1.54) is 16.8 Å². The average molecular weight is 524 g/mol. The first-order valence-electron chi connectivity index (χ1n) is 14.5. The molecule has 0 aliphatic carbocycles. The summed E-state index contributed by atoms with van der Waals surface area (Å²) in [6, 6.07) is 27.9. The molecule has 1 atom stereocenters. The molecule has 39 heavy (non-hydrogen) atoms. The second-order valence-electron chi connectivity index (χ2n) is 10.4. The van der Waals surface area contributed by atoms with Gasteiger partial charge in [0.1, 0.15) is 19.0 Å². The van der Waals surface area contributed by atoms with E-state index in [9.17, 15) is 0 Å². The molecule has 0 saturated carbocycles. The molecule has 1 unspecified atom stereocenters. The van der Waals surface area contributed by atoms with E-state index >= 15 is 0 Å². The highest BCUT2D eigenvalue weighted by Gasteiger charge is 2.25. The van der Waals surface area contributed by atoms with Gasteiger partial charge in [-0.15, -0.1) is 0 Å². The van der Waals surface area contributed by atoms with Crippen LogP contribution in [0.4, 0.5) is 0 Å². The smallest absolute Gasteiger partial charge is 0.161 e. The van der Waals surface area contributed by atoms with E-state index in [0.29, 0.717) is 13.2 Å². The fourth-order valence-corrected chi connectivity index (χ4v) is 5.33. The number of unbranched alkanes of at least 4 members (excludes halogenated alkanes) is 2. The maximum Gasteiger partial charge on any atom is 0.161 e. The van der Waals surface area contributed by atoms with E-state index in [4.69, 9.17) is 14.5 Å². The maximum absolute atomic E-state index is 5.93. The summed E-state index contributed by atoms with van der Waals surface area (Å²) < 4.78 is 14.2. The van der Waals surface area contributed by atoms with Crippen LogP contribution in [-0.4, -0.2) is 34.2 Å². The summed E-state index contributed by atoms with van der Waals surface area (Å²) in [6.07, 6.45) is 4.55. The molecule has 5 nitrogen and oxygen atoms in total. The molecular weight excluding hydrogens is 482 g/mol. The van der Waals surface area contributed by atoms with E-state index in [0.717, 1.165) is 73.9 Å². The Morgan fingerprint density at radius 3 is 2.18 bits per heavy atom. The Morgan fingerprint density at radius 1 is 0.821 bits per heavy atom. The second-order valence-corrected chi connectivity index (χ2v) is 10.4. The Bertz CT molecular complexity index is 1330. The third kappa shape index (κ3) is 6.20. The summed E-state index contributed by atoms with van der Waals surface area (Å²) in [7, 11) is 0. The van der Waals surface area contributed by atoms with Crippen molar-refractivity contribution in [2.45, 2.75) is 65.6 Å². The Hall–Kier alpha value is -3.57. The number of rotatable bonds is 12. The van der Waals surface area contributed by atoms with Crippen LogP contribution in [0.1, 0.15) is 63.8 Å². The average Bonchev–Trinajstić information content (AvgIpc) is 3.36. The van der Waals surface area contributed by atoms with Crippen molar-refractivity contribution < 1.29 is 9.47 Å². The molecule has 1 aromatic heterocycles. The lowest BCUT2D eigenvalue weighted by molar-refractivity contribution is 0.169. The molecule has 5 rings (SSSR count). The van der Waals surface area contributed by atoms with Crippen molar-refractivity contribution in [1.82, 2.24) is 14.5 Å². The van der Waals surface area contributed by atoms with Crippen LogP contribution in [0.25, 0.3) is 22.6 Å². The molecule has 0 spiro atoms. The van der Waals surface area contributed by atoms with Gasteiger partial charge in [0.15, 0.2) is 11.5 Å². The second kappa shape index (κ2) is 13.0. The van der Waals surface area contributed by atoms with Gasteiger partial charge in [-0.05, 0) is 44.0 Å². The van der Waals surface area contributed by atoms with Gasteiger partial charge >= 0.3 is 0 Å². The van der Waals surface area contributed by atoms with Crippen LogP contribution in [0.3, 0.4) is 0 Å². The van der Waals surface area contributed by atoms with Gasteiger partial charge in [0.05, 0.1) is 11.4 Å². The Labute approximate surface area is 233 Å². The summed E-state index contributed by atoms with van der Waals surface area (Å²) in [5, 5.41) is 0. The summed E-state index contributed by atoms with van der Waals surface area (Å²) in [5.41, 5.74) is 5.95. The lowest BCUT2D eigenvalue weighted by atomic mass is 10.0. The number of benzene rings is 3. The molecule has 204 valence electrons. The van der Waals surface area contributed by atoms with E-state index in [2.05, 4.69) is 109 Å². The first-order chi connectivity index (χ1) is 19.2. The van der Waals surface area contributed by atoms with Gasteiger partial charge in [-0.25, -0.2) is 4.98 Å². The fourth-order valence-electron chi connectivity index (χ4n) is 5.33. The standard InChI is InChI=1S/C34H41N3O2/c1-4-6-20-36(26(3)29-18-19-31-32(24-29)39-23-22-38-31)25-30-33(27-14-10-8-11-15-27)35-34(37(30)21-7-5-2)28-16-12-9-13-17-28/h8-19,24,26H,4-7,20-23,25H2,1-3H3. The quantitative estimate of drug-likeness (QED) is 0.188. The van der Waals surface area contributed by atoms with Crippen molar-refractivity contribution in [2.75, 3.05) is 19.8 Å². The van der Waals surface area contributed by atoms with Crippen LogP contribution in [0.2, 0.25) is 0 Å². The van der Waals surface area contributed by atoms with Crippen LogP contribution >= 0.6 is 0 Å². The van der Waals surface area contributed by atoms with E-state index < -0.39 is 0 Å². The molecule has 3 aromatic carbocycles. The first-order valence-corrected chi connectivity index (χ1v) is 14.5. The molecule has 0 amide bonds. The molecule has 0 saturated heterocycles. The van der Waals surface area contributed by atoms with Crippen LogP contribution in [-0.2, 0) is 13.1 Å². The van der Waals surface area contributed by atoms with Crippen molar-refractivity contribution in [1.29, 1.82) is 0 Å². The topological polar surface area (TPSA) is 39.5 Å². The fraction of sp³-hybridized carbons (Fsp3) is 0.382. The number of fused-ring (bicyclic) bond motifs is 1. The minimum absolute atomic E-state index is 0.214. The van der Waals surface area contributed by atoms with E-state index in [-0.39, 0.29) is 6.04 Å². The van der Waals surface area contributed by atoms with Crippen LogP contribution in [0, 0.1) is 0 Å². The van der Waals surface area contributed by atoms with Crippen molar-refractivity contribution >= 4 is 0 Å². The third-order valence-corrected chi connectivity index (χ3v) is 7.64. The van der Waals surface area contributed by atoms with Crippen molar-refractivity contribution in [2.24, 2.45) is 0 Å². The summed E-state index contributed by atoms with van der Waals surface area (Å²) in [5.74, 6) is 2.75. The van der Waals surface area contributed by atoms with Gasteiger partial charge < -0.3 is 14.0 Å². The number of ether oxygens (including phenoxy) is 2. The maximum atomic E-state index is 5.93. The molecule has 0 radical (unpaired) electrons. The zero-order chi connectivity index (χ0) is 27.0. The number of aromatic nitrogens is 2. The molecule has 0 bridgehead atoms. The van der Waals surface area contributed by atoms with Crippen LogP contribution in [0.15, 0.2) is 78.9 Å². The van der Waals surface area contributed by atoms with E-state index in [1.54, 1.807) is 0 Å². The third-order valence-electron chi connectivity index (χ3n) is 7.64. The Kier molecular flexibility index (Phi) is 9.00. The van der Waals surface area contributed by atoms with Crippen molar-refractivity contribution in [3.8, 4) is 34.1 Å². The van der Waals surface area contributed by atoms with Crippen molar-refractivity contribution in [3.05, 3.63) is 90.1 Å². The lowest BCUT2D eigenvalue weighted by Crippen LogP contribution is -2.29. The molecule has 1 aliphatic rings. The lowest BCUT2D eigenvalue weighted by Gasteiger charge is -2.31. The monoisotopic (exact) mass is 523 g/mol. The Morgan fingerprint density at radius 2 is 1.49 bits per heavy atom. The molecular formula is C34H41N3O2. The first kappa shape index (κ1) is 27.0. The highest BCUT2D eigenvalue weighted by atomic mass is 16.6. The normalized spacial score (nSPS) is 13.5. The zero-order valence-electron chi connectivity index (χ0n) is 23.6. The van der Waals surface area contributed by atoms with Gasteiger partial charge in [0.2, 0.25) is 0 Å². The highest BCUT2D eigenvalue weighted by molar-refractivity contribution is 5.68. The van der Waals surface area contributed by atoms with Gasteiger partial charge in [0, 0.05) is 30.3 Å². The largest absolute Gasteiger partial charge is 0.486 e. The highest BCUT2D eigenvalue weighted by Crippen LogP contribution is 2.36. The summed E-state index contributed by atoms with van der Waals surface area (Å²) >= 11 is 0.